The van der Waals surface area contributed by atoms with Crippen LogP contribution in [0.15, 0.2) is 28.1 Å². The summed E-state index contributed by atoms with van der Waals surface area (Å²) in [5.74, 6) is 0. The van der Waals surface area contributed by atoms with E-state index in [1.54, 1.807) is 33.6 Å². The van der Waals surface area contributed by atoms with Crippen molar-refractivity contribution in [3.8, 4) is 0 Å². The first-order valence-corrected chi connectivity index (χ1v) is 10.8. The maximum absolute atomic E-state index is 13.0. The molecule has 1 amide bonds. The maximum Gasteiger partial charge on any atom is 0.415 e. The molecular formula is C18H18BrClN2O2S2. The first-order valence-electron chi connectivity index (χ1n) is 7.94. The van der Waals surface area contributed by atoms with E-state index in [-0.39, 0.29) is 0 Å². The number of anilines is 1. The quantitative estimate of drug-likeness (QED) is 0.384. The minimum atomic E-state index is -0.591. The zero-order valence-electron chi connectivity index (χ0n) is 14.8. The lowest BCUT2D eigenvalue weighted by Crippen LogP contribution is -2.36. The van der Waals surface area contributed by atoms with E-state index in [1.807, 2.05) is 45.2 Å². The summed E-state index contributed by atoms with van der Waals surface area (Å²) in [6.07, 6.45) is -0.406. The van der Waals surface area contributed by atoms with E-state index in [0.29, 0.717) is 17.4 Å². The molecule has 3 heterocycles. The second kappa shape index (κ2) is 7.46. The normalized spacial score (nSPS) is 11.8. The van der Waals surface area contributed by atoms with Crippen LogP contribution in [0.2, 0.25) is 5.15 Å². The Hall–Kier alpha value is -1.15. The predicted octanol–water partition coefficient (Wildman–Crippen LogP) is 7.02. The summed E-state index contributed by atoms with van der Waals surface area (Å²) in [7, 11) is 0. The van der Waals surface area contributed by atoms with Gasteiger partial charge in [-0.2, -0.15) is 0 Å². The summed E-state index contributed by atoms with van der Waals surface area (Å²) in [4.78, 5) is 21.2. The number of amides is 1. The van der Waals surface area contributed by atoms with Crippen molar-refractivity contribution >= 4 is 72.2 Å². The van der Waals surface area contributed by atoms with Crippen molar-refractivity contribution in [2.75, 3.05) is 4.90 Å². The topological polar surface area (TPSA) is 42.4 Å². The smallest absolute Gasteiger partial charge is 0.415 e. The van der Waals surface area contributed by atoms with Gasteiger partial charge < -0.3 is 4.74 Å². The molecule has 0 atom stereocenters. The highest BCUT2D eigenvalue weighted by Gasteiger charge is 2.27. The molecule has 0 bridgehead atoms. The molecule has 0 spiro atoms. The van der Waals surface area contributed by atoms with Gasteiger partial charge in [0.05, 0.1) is 26.9 Å². The molecule has 3 aromatic heterocycles. The molecule has 4 nitrogen and oxygen atoms in total. The van der Waals surface area contributed by atoms with Crippen molar-refractivity contribution in [2.45, 2.75) is 39.8 Å². The first kappa shape index (κ1) is 19.6. The van der Waals surface area contributed by atoms with Crippen LogP contribution in [-0.4, -0.2) is 16.7 Å². The van der Waals surface area contributed by atoms with Gasteiger partial charge in [0.2, 0.25) is 0 Å². The Balaban J connectivity index is 2.13. The van der Waals surface area contributed by atoms with Gasteiger partial charge in [0.25, 0.3) is 0 Å². The van der Waals surface area contributed by atoms with E-state index in [2.05, 4.69) is 20.9 Å². The van der Waals surface area contributed by atoms with Crippen LogP contribution in [0.4, 0.5) is 10.5 Å². The fourth-order valence-corrected chi connectivity index (χ4v) is 4.98. The maximum atomic E-state index is 13.0. The highest BCUT2D eigenvalue weighted by atomic mass is 79.9. The number of aryl methyl sites for hydroxylation is 1. The molecule has 3 aromatic rings. The van der Waals surface area contributed by atoms with Gasteiger partial charge in [0.1, 0.15) is 10.8 Å². The Bertz CT molecular complexity index is 948. The van der Waals surface area contributed by atoms with E-state index in [4.69, 9.17) is 16.3 Å². The number of carbonyl (C=O) groups is 1. The number of fused-ring (bicyclic) bond motifs is 1. The summed E-state index contributed by atoms with van der Waals surface area (Å²) in [6, 6.07) is 5.69. The molecule has 0 N–H and O–H groups in total. The Morgan fingerprint density at radius 1 is 1.42 bits per heavy atom. The molecule has 0 radical (unpaired) electrons. The molecule has 0 aliphatic heterocycles. The lowest BCUT2D eigenvalue weighted by molar-refractivity contribution is 0.0578. The third-order valence-corrected chi connectivity index (χ3v) is 6.90. The zero-order chi connectivity index (χ0) is 19.1. The lowest BCUT2D eigenvalue weighted by Gasteiger charge is -2.27. The summed E-state index contributed by atoms with van der Waals surface area (Å²) >= 11 is 13.0. The van der Waals surface area contributed by atoms with Gasteiger partial charge in [0.15, 0.2) is 0 Å². The summed E-state index contributed by atoms with van der Waals surface area (Å²) in [5.41, 5.74) is 0.878. The fraction of sp³-hybridized carbons (Fsp3) is 0.333. The average Bonchev–Trinajstić information content (AvgIpc) is 3.13. The number of carbonyl (C=O) groups excluding carboxylic acids is 1. The van der Waals surface area contributed by atoms with Gasteiger partial charge in [0, 0.05) is 15.8 Å². The highest BCUT2D eigenvalue weighted by Crippen LogP contribution is 2.41. The third kappa shape index (κ3) is 4.22. The molecule has 8 heteroatoms. The van der Waals surface area contributed by atoms with E-state index < -0.39 is 11.7 Å². The SMILES string of the molecule is Cc1sc2c(N(Cc3cccs3)C(=O)OC(C)(C)C)cc(Cl)nc2c1Br. The number of pyridine rings is 1. The molecule has 138 valence electrons. The summed E-state index contributed by atoms with van der Waals surface area (Å²) < 4.78 is 7.46. The van der Waals surface area contributed by atoms with Crippen molar-refractivity contribution < 1.29 is 9.53 Å². The van der Waals surface area contributed by atoms with Crippen molar-refractivity contribution in [3.63, 3.8) is 0 Å². The van der Waals surface area contributed by atoms with Crippen LogP contribution in [0, 0.1) is 6.92 Å². The molecule has 0 saturated heterocycles. The van der Waals surface area contributed by atoms with Crippen LogP contribution in [0.1, 0.15) is 30.5 Å². The molecular weight excluding hydrogens is 456 g/mol. The second-order valence-electron chi connectivity index (χ2n) is 6.76. The van der Waals surface area contributed by atoms with Crippen LogP contribution in [0.25, 0.3) is 10.2 Å². The standard InChI is InChI=1S/C18H18BrClN2O2S2/c1-10-14(19)15-16(26-10)12(8-13(20)21-15)22(9-11-6-5-7-25-11)17(23)24-18(2,3)4/h5-8H,9H2,1-4H3. The van der Waals surface area contributed by atoms with Crippen molar-refractivity contribution in [3.05, 3.63) is 43.0 Å². The zero-order valence-corrected chi connectivity index (χ0v) is 18.8. The number of hydrogen-bond donors (Lipinski definition) is 0. The second-order valence-corrected chi connectivity index (χ2v) is 10.2. The molecule has 0 aromatic carbocycles. The molecule has 0 saturated carbocycles. The predicted molar refractivity (Wildman–Crippen MR) is 114 cm³/mol. The molecule has 3 rings (SSSR count). The summed E-state index contributed by atoms with van der Waals surface area (Å²) in [6.45, 7) is 7.99. The average molecular weight is 474 g/mol. The Kier molecular flexibility index (Phi) is 5.63. The monoisotopic (exact) mass is 472 g/mol. The number of ether oxygens (including phenoxy) is 1. The molecule has 0 aliphatic rings. The first-order chi connectivity index (χ1) is 12.2. The van der Waals surface area contributed by atoms with Crippen LogP contribution in [-0.2, 0) is 11.3 Å². The van der Waals surface area contributed by atoms with Crippen LogP contribution < -0.4 is 4.90 Å². The Morgan fingerprint density at radius 3 is 2.77 bits per heavy atom. The van der Waals surface area contributed by atoms with Gasteiger partial charge in [-0.3, -0.25) is 4.90 Å². The Labute approximate surface area is 173 Å². The van der Waals surface area contributed by atoms with Gasteiger partial charge >= 0.3 is 6.09 Å². The molecule has 0 aliphatic carbocycles. The van der Waals surface area contributed by atoms with Crippen LogP contribution in [0.5, 0.6) is 0 Å². The largest absolute Gasteiger partial charge is 0.443 e. The third-order valence-electron chi connectivity index (χ3n) is 3.49. The van der Waals surface area contributed by atoms with Gasteiger partial charge in [-0.25, -0.2) is 9.78 Å². The highest BCUT2D eigenvalue weighted by molar-refractivity contribution is 9.10. The van der Waals surface area contributed by atoms with Crippen LogP contribution >= 0.6 is 50.2 Å². The molecule has 26 heavy (non-hydrogen) atoms. The van der Waals surface area contributed by atoms with E-state index in [1.165, 1.54) is 0 Å². The van der Waals surface area contributed by atoms with Crippen molar-refractivity contribution in [1.29, 1.82) is 0 Å². The number of halogens is 2. The minimum Gasteiger partial charge on any atom is -0.443 e. The van der Waals surface area contributed by atoms with Crippen LogP contribution in [0.3, 0.4) is 0 Å². The summed E-state index contributed by atoms with van der Waals surface area (Å²) in [5, 5.41) is 2.33. The lowest BCUT2D eigenvalue weighted by atomic mass is 10.2. The number of rotatable bonds is 3. The molecule has 0 fully saturated rings. The number of hydrogen-bond acceptors (Lipinski definition) is 5. The van der Waals surface area contributed by atoms with Gasteiger partial charge in [-0.15, -0.1) is 22.7 Å². The Morgan fingerprint density at radius 2 is 2.15 bits per heavy atom. The fourth-order valence-electron chi connectivity index (χ4n) is 2.43. The minimum absolute atomic E-state index is 0.339. The van der Waals surface area contributed by atoms with Crippen molar-refractivity contribution in [1.82, 2.24) is 4.98 Å². The molecule has 0 unspecified atom stereocenters. The number of nitrogens with zero attached hydrogens (tertiary/aromatic N) is 2. The van der Waals surface area contributed by atoms with E-state index >= 15 is 0 Å². The number of aromatic nitrogens is 1. The van der Waals surface area contributed by atoms with E-state index in [9.17, 15) is 4.79 Å². The van der Waals surface area contributed by atoms with E-state index in [0.717, 1.165) is 24.4 Å². The van der Waals surface area contributed by atoms with Gasteiger partial charge in [-0.1, -0.05) is 17.7 Å². The number of thiophene rings is 2. The van der Waals surface area contributed by atoms with Gasteiger partial charge in [-0.05, 0) is 55.1 Å². The van der Waals surface area contributed by atoms with Crippen molar-refractivity contribution in [2.24, 2.45) is 0 Å².